The third-order valence-corrected chi connectivity index (χ3v) is 5.61. The Hall–Kier alpha value is -1.29. The molecule has 0 aliphatic carbocycles. The van der Waals surface area contributed by atoms with Gasteiger partial charge < -0.3 is 0 Å². The van der Waals surface area contributed by atoms with E-state index in [4.69, 9.17) is 23.2 Å². The summed E-state index contributed by atoms with van der Waals surface area (Å²) in [6.07, 6.45) is 1.39. The van der Waals surface area contributed by atoms with Gasteiger partial charge in [0, 0.05) is 10.0 Å². The average molecular weight is 341 g/mol. The van der Waals surface area contributed by atoms with E-state index >= 15 is 0 Å². The molecular formula is C16H14Cl2O2S. The fraction of sp³-hybridized carbons (Fsp3) is 0.125. The monoisotopic (exact) mass is 340 g/mol. The van der Waals surface area contributed by atoms with Gasteiger partial charge in [-0.05, 0) is 42.8 Å². The number of hydrogen-bond donors (Lipinski definition) is 0. The normalized spacial score (nSPS) is 12.9. The molecule has 1 atom stereocenters. The smallest absolute Gasteiger partial charge is 0.188 e. The summed E-state index contributed by atoms with van der Waals surface area (Å²) in [6, 6.07) is 11.4. The molecule has 0 spiro atoms. The van der Waals surface area contributed by atoms with Crippen LogP contribution in [0.15, 0.2) is 60.0 Å². The second-order valence-electron chi connectivity index (χ2n) is 4.72. The number of rotatable bonds is 4. The van der Waals surface area contributed by atoms with Crippen molar-refractivity contribution in [2.75, 3.05) is 0 Å². The van der Waals surface area contributed by atoms with Crippen molar-refractivity contribution in [1.82, 2.24) is 0 Å². The standard InChI is InChI=1S/C16H14Cl2O2S/c1-3-16(12-8-13(17)10-14(18)9-12)21(19,20)15-6-4-11(2)5-7-15/h3-10,16H,1H2,2H3. The van der Waals surface area contributed by atoms with Crippen molar-refractivity contribution >= 4 is 33.0 Å². The zero-order chi connectivity index (χ0) is 15.6. The van der Waals surface area contributed by atoms with E-state index < -0.39 is 15.1 Å². The first-order valence-corrected chi connectivity index (χ1v) is 8.54. The first kappa shape index (κ1) is 16.1. The van der Waals surface area contributed by atoms with Gasteiger partial charge in [0.25, 0.3) is 0 Å². The van der Waals surface area contributed by atoms with Crippen LogP contribution in [-0.4, -0.2) is 8.42 Å². The molecule has 0 N–H and O–H groups in total. The predicted molar refractivity (Wildman–Crippen MR) is 87.8 cm³/mol. The maximum atomic E-state index is 12.7. The van der Waals surface area contributed by atoms with Gasteiger partial charge in [-0.15, -0.1) is 6.58 Å². The van der Waals surface area contributed by atoms with Crippen LogP contribution in [0.2, 0.25) is 10.0 Å². The van der Waals surface area contributed by atoms with Crippen LogP contribution < -0.4 is 0 Å². The molecule has 21 heavy (non-hydrogen) atoms. The summed E-state index contributed by atoms with van der Waals surface area (Å²) in [6.45, 7) is 5.54. The second-order valence-corrected chi connectivity index (χ2v) is 7.66. The van der Waals surface area contributed by atoms with Gasteiger partial charge in [-0.25, -0.2) is 8.42 Å². The lowest BCUT2D eigenvalue weighted by Crippen LogP contribution is -2.11. The highest BCUT2D eigenvalue weighted by Gasteiger charge is 2.27. The summed E-state index contributed by atoms with van der Waals surface area (Å²) in [5.41, 5.74) is 1.50. The topological polar surface area (TPSA) is 34.1 Å². The molecule has 2 aromatic rings. The van der Waals surface area contributed by atoms with Gasteiger partial charge in [0.2, 0.25) is 0 Å². The maximum absolute atomic E-state index is 12.7. The molecule has 0 saturated carbocycles. The number of benzene rings is 2. The van der Waals surface area contributed by atoms with E-state index in [2.05, 4.69) is 6.58 Å². The van der Waals surface area contributed by atoms with Crippen molar-refractivity contribution < 1.29 is 8.42 Å². The summed E-state index contributed by atoms with van der Waals surface area (Å²) in [5, 5.41) is -0.108. The molecule has 0 aliphatic heterocycles. The van der Waals surface area contributed by atoms with E-state index in [0.717, 1.165) is 5.56 Å². The summed E-state index contributed by atoms with van der Waals surface area (Å²) < 4.78 is 25.5. The van der Waals surface area contributed by atoms with Gasteiger partial charge in [-0.3, -0.25) is 0 Å². The summed E-state index contributed by atoms with van der Waals surface area (Å²) in [7, 11) is -3.59. The quantitative estimate of drug-likeness (QED) is 0.733. The summed E-state index contributed by atoms with van der Waals surface area (Å²) >= 11 is 11.9. The Morgan fingerprint density at radius 2 is 1.57 bits per heavy atom. The van der Waals surface area contributed by atoms with Crippen molar-refractivity contribution in [3.63, 3.8) is 0 Å². The highest BCUT2D eigenvalue weighted by Crippen LogP contribution is 2.33. The van der Waals surface area contributed by atoms with Crippen molar-refractivity contribution in [1.29, 1.82) is 0 Å². The Balaban J connectivity index is 2.54. The van der Waals surface area contributed by atoms with Crippen LogP contribution in [-0.2, 0) is 9.84 Å². The lowest BCUT2D eigenvalue weighted by molar-refractivity contribution is 0.590. The number of aryl methyl sites for hydroxylation is 1. The molecule has 2 rings (SSSR count). The Bertz CT molecular complexity index is 745. The molecule has 0 radical (unpaired) electrons. The van der Waals surface area contributed by atoms with Crippen molar-refractivity contribution in [2.45, 2.75) is 17.1 Å². The molecule has 0 fully saturated rings. The van der Waals surface area contributed by atoms with Crippen molar-refractivity contribution in [3.05, 3.63) is 76.3 Å². The van der Waals surface area contributed by atoms with Gasteiger partial charge >= 0.3 is 0 Å². The van der Waals surface area contributed by atoms with Gasteiger partial charge in [0.05, 0.1) is 4.90 Å². The molecule has 0 bridgehead atoms. The molecule has 0 heterocycles. The van der Waals surface area contributed by atoms with Gasteiger partial charge in [0.1, 0.15) is 5.25 Å². The Morgan fingerprint density at radius 1 is 1.05 bits per heavy atom. The molecule has 0 aliphatic rings. The Kier molecular flexibility index (Phi) is 4.77. The minimum atomic E-state index is -3.59. The fourth-order valence-corrected chi connectivity index (χ4v) is 4.16. The number of halogens is 2. The molecule has 0 saturated heterocycles. The van der Waals surface area contributed by atoms with Crippen LogP contribution in [0, 0.1) is 6.92 Å². The second kappa shape index (κ2) is 6.22. The molecule has 2 nitrogen and oxygen atoms in total. The first-order valence-electron chi connectivity index (χ1n) is 6.23. The van der Waals surface area contributed by atoms with E-state index in [9.17, 15) is 8.42 Å². The molecule has 5 heteroatoms. The molecule has 0 aromatic heterocycles. The van der Waals surface area contributed by atoms with Crippen LogP contribution >= 0.6 is 23.2 Å². The van der Waals surface area contributed by atoms with E-state index in [-0.39, 0.29) is 4.90 Å². The highest BCUT2D eigenvalue weighted by atomic mass is 35.5. The SMILES string of the molecule is C=CC(c1cc(Cl)cc(Cl)c1)S(=O)(=O)c1ccc(C)cc1. The third-order valence-electron chi connectivity index (χ3n) is 3.11. The van der Waals surface area contributed by atoms with E-state index in [1.165, 1.54) is 6.08 Å². The molecule has 110 valence electrons. The van der Waals surface area contributed by atoms with Crippen LogP contribution in [0.5, 0.6) is 0 Å². The van der Waals surface area contributed by atoms with Gasteiger partial charge in [-0.2, -0.15) is 0 Å². The molecule has 0 amide bonds. The van der Waals surface area contributed by atoms with E-state index in [1.807, 2.05) is 6.92 Å². The Morgan fingerprint density at radius 3 is 2.05 bits per heavy atom. The predicted octanol–water partition coefficient (Wildman–Crippen LogP) is 5.00. The van der Waals surface area contributed by atoms with E-state index in [0.29, 0.717) is 15.6 Å². The van der Waals surface area contributed by atoms with Crippen LogP contribution in [0.3, 0.4) is 0 Å². The average Bonchev–Trinajstić information content (AvgIpc) is 2.38. The minimum Gasteiger partial charge on any atom is -0.223 e. The number of sulfone groups is 1. The lowest BCUT2D eigenvalue weighted by atomic mass is 10.1. The zero-order valence-electron chi connectivity index (χ0n) is 11.4. The molecular weight excluding hydrogens is 327 g/mol. The van der Waals surface area contributed by atoms with Crippen LogP contribution in [0.4, 0.5) is 0 Å². The summed E-state index contributed by atoms with van der Waals surface area (Å²) in [4.78, 5) is 0.245. The zero-order valence-corrected chi connectivity index (χ0v) is 13.7. The molecule has 2 aromatic carbocycles. The van der Waals surface area contributed by atoms with Crippen molar-refractivity contribution in [3.8, 4) is 0 Å². The van der Waals surface area contributed by atoms with Gasteiger partial charge in [0.15, 0.2) is 9.84 Å². The largest absolute Gasteiger partial charge is 0.223 e. The maximum Gasteiger partial charge on any atom is 0.188 e. The third kappa shape index (κ3) is 3.49. The summed E-state index contributed by atoms with van der Waals surface area (Å²) in [5.74, 6) is 0. The minimum absolute atomic E-state index is 0.245. The lowest BCUT2D eigenvalue weighted by Gasteiger charge is -2.15. The Labute approximate surface area is 134 Å². The fourth-order valence-electron chi connectivity index (χ4n) is 2.06. The first-order chi connectivity index (χ1) is 9.84. The van der Waals surface area contributed by atoms with Crippen LogP contribution in [0.1, 0.15) is 16.4 Å². The number of hydrogen-bond acceptors (Lipinski definition) is 2. The highest BCUT2D eigenvalue weighted by molar-refractivity contribution is 7.91. The van der Waals surface area contributed by atoms with E-state index in [1.54, 1.807) is 42.5 Å². The van der Waals surface area contributed by atoms with Crippen molar-refractivity contribution in [2.24, 2.45) is 0 Å². The van der Waals surface area contributed by atoms with Crippen LogP contribution in [0.25, 0.3) is 0 Å². The molecule has 1 unspecified atom stereocenters. The van der Waals surface area contributed by atoms with Gasteiger partial charge in [-0.1, -0.05) is 47.0 Å².